The predicted molar refractivity (Wildman–Crippen MR) is 79.9 cm³/mol. The Morgan fingerprint density at radius 1 is 1.10 bits per heavy atom. The van der Waals surface area contributed by atoms with E-state index in [1.165, 1.54) is 5.56 Å². The first-order chi connectivity index (χ1) is 9.74. The molecule has 0 spiro atoms. The fourth-order valence-corrected chi connectivity index (χ4v) is 2.72. The lowest BCUT2D eigenvalue weighted by molar-refractivity contribution is 0.498. The summed E-state index contributed by atoms with van der Waals surface area (Å²) in [5, 5.41) is 0. The number of piperidine rings is 1. The van der Waals surface area contributed by atoms with Crippen LogP contribution >= 0.6 is 0 Å². The van der Waals surface area contributed by atoms with Crippen molar-refractivity contribution < 1.29 is 0 Å². The second-order valence-electron chi connectivity index (χ2n) is 5.48. The first kappa shape index (κ1) is 13.0. The molecule has 0 saturated carbocycles. The van der Waals surface area contributed by atoms with Crippen molar-refractivity contribution >= 4 is 5.95 Å². The Bertz CT molecular complexity index is 574. The molecular formula is C16H20N4. The second kappa shape index (κ2) is 5.57. The first-order valence-corrected chi connectivity index (χ1v) is 7.19. The maximum atomic E-state index is 4.60. The summed E-state index contributed by atoms with van der Waals surface area (Å²) in [6.07, 6.45) is 8.00. The summed E-state index contributed by atoms with van der Waals surface area (Å²) in [6.45, 7) is 6.14. The maximum absolute atomic E-state index is 4.60. The number of aryl methyl sites for hydroxylation is 2. The molecule has 0 N–H and O–H groups in total. The summed E-state index contributed by atoms with van der Waals surface area (Å²) in [4.78, 5) is 15.5. The van der Waals surface area contributed by atoms with Crippen molar-refractivity contribution in [2.45, 2.75) is 32.6 Å². The van der Waals surface area contributed by atoms with Gasteiger partial charge in [0.25, 0.3) is 0 Å². The van der Waals surface area contributed by atoms with Gasteiger partial charge < -0.3 is 4.90 Å². The van der Waals surface area contributed by atoms with Gasteiger partial charge in [-0.15, -0.1) is 0 Å². The van der Waals surface area contributed by atoms with Crippen LogP contribution in [0.15, 0.2) is 30.7 Å². The molecule has 4 nitrogen and oxygen atoms in total. The lowest BCUT2D eigenvalue weighted by atomic mass is 9.90. The summed E-state index contributed by atoms with van der Waals surface area (Å²) in [7, 11) is 0. The average Bonchev–Trinajstić information content (AvgIpc) is 2.51. The molecule has 2 aromatic rings. The van der Waals surface area contributed by atoms with Gasteiger partial charge in [0.1, 0.15) is 0 Å². The number of rotatable bonds is 2. The fourth-order valence-electron chi connectivity index (χ4n) is 2.72. The van der Waals surface area contributed by atoms with Gasteiger partial charge in [-0.05, 0) is 55.9 Å². The van der Waals surface area contributed by atoms with Crippen molar-refractivity contribution in [2.24, 2.45) is 0 Å². The molecule has 3 rings (SSSR count). The van der Waals surface area contributed by atoms with Crippen molar-refractivity contribution in [3.05, 3.63) is 47.5 Å². The van der Waals surface area contributed by atoms with Gasteiger partial charge in [-0.25, -0.2) is 9.97 Å². The number of pyridine rings is 1. The lowest BCUT2D eigenvalue weighted by Crippen LogP contribution is -2.34. The van der Waals surface area contributed by atoms with Crippen LogP contribution in [0.3, 0.4) is 0 Å². The van der Waals surface area contributed by atoms with E-state index in [2.05, 4.69) is 38.9 Å². The number of hydrogen-bond acceptors (Lipinski definition) is 4. The monoisotopic (exact) mass is 268 g/mol. The van der Waals surface area contributed by atoms with E-state index >= 15 is 0 Å². The Balaban J connectivity index is 1.68. The normalized spacial score (nSPS) is 16.4. The molecule has 0 aliphatic carbocycles. The fraction of sp³-hybridized carbons (Fsp3) is 0.438. The maximum Gasteiger partial charge on any atom is 0.225 e. The Morgan fingerprint density at radius 2 is 1.80 bits per heavy atom. The standard InChI is InChI=1S/C16H20N4/c1-12-11-18-16(19-13(12)2)20-9-5-15(6-10-20)14-3-7-17-8-4-14/h3-4,7-8,11,15H,5-6,9-10H2,1-2H3. The third kappa shape index (κ3) is 2.64. The largest absolute Gasteiger partial charge is 0.341 e. The minimum Gasteiger partial charge on any atom is -0.341 e. The minimum atomic E-state index is 0.640. The van der Waals surface area contributed by atoms with Gasteiger partial charge in [0.15, 0.2) is 0 Å². The van der Waals surface area contributed by atoms with Gasteiger partial charge in [0.2, 0.25) is 5.95 Å². The molecule has 0 radical (unpaired) electrons. The zero-order valence-electron chi connectivity index (χ0n) is 12.1. The van der Waals surface area contributed by atoms with Gasteiger partial charge in [0, 0.05) is 37.4 Å². The summed E-state index contributed by atoms with van der Waals surface area (Å²) in [5.41, 5.74) is 3.63. The van der Waals surface area contributed by atoms with E-state index in [9.17, 15) is 0 Å². The molecule has 1 saturated heterocycles. The summed E-state index contributed by atoms with van der Waals surface area (Å²) >= 11 is 0. The zero-order chi connectivity index (χ0) is 13.9. The van der Waals surface area contributed by atoms with Crippen LogP contribution in [0.25, 0.3) is 0 Å². The van der Waals surface area contributed by atoms with Crippen LogP contribution in [-0.4, -0.2) is 28.0 Å². The van der Waals surface area contributed by atoms with E-state index in [1.54, 1.807) is 0 Å². The van der Waals surface area contributed by atoms with Crippen LogP contribution in [0.1, 0.15) is 35.6 Å². The third-order valence-electron chi connectivity index (χ3n) is 4.17. The Hall–Kier alpha value is -1.97. The first-order valence-electron chi connectivity index (χ1n) is 7.19. The molecule has 1 aliphatic rings. The number of hydrogen-bond donors (Lipinski definition) is 0. The average molecular weight is 268 g/mol. The van der Waals surface area contributed by atoms with Crippen LogP contribution in [0.4, 0.5) is 5.95 Å². The molecule has 0 amide bonds. The molecule has 0 bridgehead atoms. The Labute approximate surface area is 119 Å². The van der Waals surface area contributed by atoms with Gasteiger partial charge >= 0.3 is 0 Å². The van der Waals surface area contributed by atoms with Crippen LogP contribution in [-0.2, 0) is 0 Å². The van der Waals surface area contributed by atoms with Gasteiger partial charge in [-0.2, -0.15) is 0 Å². The van der Waals surface area contributed by atoms with Gasteiger partial charge in [0.05, 0.1) is 0 Å². The molecule has 0 aromatic carbocycles. The van der Waals surface area contributed by atoms with E-state index in [-0.39, 0.29) is 0 Å². The van der Waals surface area contributed by atoms with Crippen molar-refractivity contribution in [1.29, 1.82) is 0 Å². The van der Waals surface area contributed by atoms with Gasteiger partial charge in [-0.3, -0.25) is 4.98 Å². The lowest BCUT2D eigenvalue weighted by Gasteiger charge is -2.32. The molecule has 4 heteroatoms. The highest BCUT2D eigenvalue weighted by Gasteiger charge is 2.22. The summed E-state index contributed by atoms with van der Waals surface area (Å²) in [6, 6.07) is 4.26. The summed E-state index contributed by atoms with van der Waals surface area (Å²) < 4.78 is 0. The van der Waals surface area contributed by atoms with E-state index < -0.39 is 0 Å². The number of nitrogens with zero attached hydrogens (tertiary/aromatic N) is 4. The highest BCUT2D eigenvalue weighted by atomic mass is 15.2. The van der Waals surface area contributed by atoms with E-state index in [0.717, 1.165) is 43.1 Å². The molecule has 0 unspecified atom stereocenters. The van der Waals surface area contributed by atoms with Crippen molar-refractivity contribution in [3.8, 4) is 0 Å². The van der Waals surface area contributed by atoms with Crippen molar-refractivity contribution in [2.75, 3.05) is 18.0 Å². The summed E-state index contributed by atoms with van der Waals surface area (Å²) in [5.74, 6) is 1.52. The predicted octanol–water partition coefficient (Wildman–Crippen LogP) is 2.87. The van der Waals surface area contributed by atoms with Crippen LogP contribution in [0.5, 0.6) is 0 Å². The van der Waals surface area contributed by atoms with E-state index in [4.69, 9.17) is 0 Å². The van der Waals surface area contributed by atoms with Crippen LogP contribution in [0.2, 0.25) is 0 Å². The minimum absolute atomic E-state index is 0.640. The van der Waals surface area contributed by atoms with Crippen LogP contribution in [0, 0.1) is 13.8 Å². The molecule has 1 aliphatic heterocycles. The quantitative estimate of drug-likeness (QED) is 0.840. The van der Waals surface area contributed by atoms with E-state index in [0.29, 0.717) is 5.92 Å². The molecule has 20 heavy (non-hydrogen) atoms. The van der Waals surface area contributed by atoms with Crippen LogP contribution < -0.4 is 4.90 Å². The molecule has 1 fully saturated rings. The third-order valence-corrected chi connectivity index (χ3v) is 4.17. The topological polar surface area (TPSA) is 41.9 Å². The molecule has 104 valence electrons. The number of anilines is 1. The highest BCUT2D eigenvalue weighted by molar-refractivity contribution is 5.34. The highest BCUT2D eigenvalue weighted by Crippen LogP contribution is 2.28. The van der Waals surface area contributed by atoms with Gasteiger partial charge in [-0.1, -0.05) is 0 Å². The Morgan fingerprint density at radius 3 is 2.45 bits per heavy atom. The molecule has 3 heterocycles. The van der Waals surface area contributed by atoms with Crippen molar-refractivity contribution in [3.63, 3.8) is 0 Å². The smallest absolute Gasteiger partial charge is 0.225 e. The zero-order valence-corrected chi connectivity index (χ0v) is 12.1. The number of aromatic nitrogens is 3. The van der Waals surface area contributed by atoms with Crippen molar-refractivity contribution in [1.82, 2.24) is 15.0 Å². The molecular weight excluding hydrogens is 248 g/mol. The van der Waals surface area contributed by atoms with E-state index in [1.807, 2.05) is 25.5 Å². The Kier molecular flexibility index (Phi) is 3.63. The molecule has 0 atom stereocenters. The SMILES string of the molecule is Cc1cnc(N2CCC(c3ccncc3)CC2)nc1C. The second-order valence-corrected chi connectivity index (χ2v) is 5.48. The molecule has 2 aromatic heterocycles.